The summed E-state index contributed by atoms with van der Waals surface area (Å²) in [5.74, 6) is -18.9. The maximum atomic E-state index is 14.0. The Balaban J connectivity index is 3.35. The van der Waals surface area contributed by atoms with Gasteiger partial charge in [-0.25, -0.2) is 4.79 Å². The average Bonchev–Trinajstić information content (AvgIpc) is 3.37. The van der Waals surface area contributed by atoms with Crippen molar-refractivity contribution < 1.29 is 92.7 Å². The number of carbonyl (C=O) groups is 14. The molecule has 1 aromatic carbocycles. The van der Waals surface area contributed by atoms with E-state index in [-0.39, 0.29) is 19.3 Å². The summed E-state index contributed by atoms with van der Waals surface area (Å²) < 4.78 is 0. The normalized spacial score (nSPS) is 15.1. The van der Waals surface area contributed by atoms with E-state index in [2.05, 4.69) is 42.5 Å². The number of carboxylic acids is 4. The van der Waals surface area contributed by atoms with Gasteiger partial charge in [-0.2, -0.15) is 0 Å². The number of carbonyl (C=O) groups excluding carboxylic acids is 10. The van der Waals surface area contributed by atoms with Crippen molar-refractivity contribution >= 4 is 82.9 Å². The number of aliphatic hydroxyl groups is 1. The van der Waals surface area contributed by atoms with Crippen LogP contribution in [0.1, 0.15) is 98.0 Å². The molecule has 20 N–H and O–H groups in total. The molecule has 446 valence electrons. The summed E-state index contributed by atoms with van der Waals surface area (Å²) in [5.41, 5.74) is 17.1. The van der Waals surface area contributed by atoms with Crippen LogP contribution in [0, 0.1) is 11.8 Å². The second kappa shape index (κ2) is 35.2. The van der Waals surface area contributed by atoms with Gasteiger partial charge in [0.15, 0.2) is 0 Å². The first-order valence-corrected chi connectivity index (χ1v) is 25.5. The highest BCUT2D eigenvalue weighted by Gasteiger charge is 2.37. The molecule has 1 rings (SSSR count). The van der Waals surface area contributed by atoms with Crippen molar-refractivity contribution in [3.8, 4) is 0 Å². The largest absolute Gasteiger partial charge is 0.481 e. The van der Waals surface area contributed by atoms with Crippen LogP contribution in [0.5, 0.6) is 0 Å². The third kappa shape index (κ3) is 25.9. The summed E-state index contributed by atoms with van der Waals surface area (Å²) in [6, 6.07) is -7.18. The summed E-state index contributed by atoms with van der Waals surface area (Å²) in [4.78, 5) is 180. The van der Waals surface area contributed by atoms with Gasteiger partial charge in [0.1, 0.15) is 48.3 Å². The van der Waals surface area contributed by atoms with Gasteiger partial charge in [0, 0.05) is 12.8 Å². The highest BCUT2D eigenvalue weighted by molar-refractivity contribution is 5.99. The molecule has 11 atom stereocenters. The molecule has 0 saturated heterocycles. The van der Waals surface area contributed by atoms with Crippen molar-refractivity contribution in [1.82, 2.24) is 47.9 Å². The lowest BCUT2D eigenvalue weighted by atomic mass is 9.97. The van der Waals surface area contributed by atoms with Crippen molar-refractivity contribution in [3.05, 3.63) is 35.9 Å². The summed E-state index contributed by atoms with van der Waals surface area (Å²) in [6.45, 7) is 6.58. The number of primary amides is 1. The van der Waals surface area contributed by atoms with Gasteiger partial charge in [-0.15, -0.1) is 0 Å². The summed E-state index contributed by atoms with van der Waals surface area (Å²) >= 11 is 0. The average molecular weight is 1140 g/mol. The second-order valence-corrected chi connectivity index (χ2v) is 19.1. The molecule has 0 spiro atoms. The molecule has 31 nitrogen and oxygen atoms in total. The van der Waals surface area contributed by atoms with Gasteiger partial charge in [-0.1, -0.05) is 70.9 Å². The number of nitrogens with two attached hydrogens (primary N) is 3. The highest BCUT2D eigenvalue weighted by atomic mass is 16.4. The first-order valence-electron chi connectivity index (χ1n) is 25.5. The number of aliphatic hydroxyl groups excluding tert-OH is 1. The minimum atomic E-state index is -1.97. The maximum absolute atomic E-state index is 14.0. The molecule has 0 saturated carbocycles. The number of hydrogen-bond acceptors (Lipinski definition) is 17. The predicted octanol–water partition coefficient (Wildman–Crippen LogP) is -5.46. The standard InChI is InChI=1S/C49H76N12O19/c1-6-24(4)39(59-34(64)22-53-46(76)40(25(5)62)61-45(75)31(20-36(67)68)55-41(71)27(51)14-10-11-17-50)48(78)54-28(15-16-33(52)63)42(72)60-38(23(2)3)47(77)57-30(19-35(65)66)44(74)56-29(18-26-12-8-7-9-13-26)43(73)58-32(49(79)80)21-37(69)70/h7-9,12-13,23-25,27-32,38-40,62H,6,10-11,14-22,50-51H2,1-5H3,(H2,52,63)(H,53,76)(H,54,78)(H,55,71)(H,56,74)(H,57,77)(H,58,73)(H,59,64)(H,60,72)(H,61,75)(H,65,66)(H,67,68)(H,69,70)(H,79,80)/t24-,25+,27-,28-,29-,30-,31-,32-,38-,39-,40-/m0/s1. The third-order valence-corrected chi connectivity index (χ3v) is 12.1. The van der Waals surface area contributed by atoms with E-state index in [4.69, 9.17) is 17.2 Å². The van der Waals surface area contributed by atoms with Crippen LogP contribution in [0.3, 0.4) is 0 Å². The molecular weight excluding hydrogens is 1060 g/mol. The number of rotatable bonds is 38. The molecule has 0 radical (unpaired) electrons. The van der Waals surface area contributed by atoms with Crippen molar-refractivity contribution in [2.75, 3.05) is 13.1 Å². The Hall–Kier alpha value is -8.32. The number of hydrogen-bond donors (Lipinski definition) is 17. The van der Waals surface area contributed by atoms with Gasteiger partial charge in [0.05, 0.1) is 38.0 Å². The minimum absolute atomic E-state index is 0.160. The van der Waals surface area contributed by atoms with E-state index in [1.165, 1.54) is 32.9 Å². The van der Waals surface area contributed by atoms with Crippen LogP contribution in [0.2, 0.25) is 0 Å². The van der Waals surface area contributed by atoms with Gasteiger partial charge in [0.25, 0.3) is 0 Å². The molecule has 0 fully saturated rings. The van der Waals surface area contributed by atoms with Gasteiger partial charge in [-0.3, -0.25) is 62.3 Å². The first-order chi connectivity index (χ1) is 37.4. The third-order valence-electron chi connectivity index (χ3n) is 12.1. The molecule has 0 aromatic heterocycles. The smallest absolute Gasteiger partial charge is 0.326 e. The molecule has 10 amide bonds. The van der Waals surface area contributed by atoms with Crippen molar-refractivity contribution in [2.45, 2.75) is 159 Å². The van der Waals surface area contributed by atoms with E-state index in [1.807, 2.05) is 5.32 Å². The van der Waals surface area contributed by atoms with Crippen LogP contribution >= 0.6 is 0 Å². The second-order valence-electron chi connectivity index (χ2n) is 19.1. The first kappa shape index (κ1) is 69.7. The Morgan fingerprint density at radius 3 is 1.49 bits per heavy atom. The fraction of sp³-hybridized carbons (Fsp3) is 0.592. The lowest BCUT2D eigenvalue weighted by molar-refractivity contribution is -0.147. The molecular formula is C49H76N12O19. The number of nitrogens with one attached hydrogen (secondary N) is 9. The van der Waals surface area contributed by atoms with E-state index < -0.39 is 194 Å². The molecule has 0 aliphatic rings. The minimum Gasteiger partial charge on any atom is -0.481 e. The molecule has 0 unspecified atom stereocenters. The number of aliphatic carboxylic acids is 4. The monoisotopic (exact) mass is 1140 g/mol. The Bertz CT molecular complexity index is 2360. The SMILES string of the molecule is CC[C@H](C)[C@H](NC(=O)CNC(=O)[C@@H](NC(=O)[C@H](CC(=O)O)NC(=O)[C@@H](N)CCCCN)[C@@H](C)O)C(=O)N[C@@H](CCC(N)=O)C(=O)N[C@H](C(=O)N[C@@H](CC(=O)O)C(=O)N[C@@H](Cc1ccccc1)C(=O)N[C@@H](CC(=O)O)C(=O)O)C(C)C. The Kier molecular flexibility index (Phi) is 30.7. The maximum Gasteiger partial charge on any atom is 0.326 e. The number of carboxylic acid groups (broad SMARTS) is 4. The fourth-order valence-electron chi connectivity index (χ4n) is 7.39. The zero-order valence-electron chi connectivity index (χ0n) is 45.0. The molecule has 1 aromatic rings. The van der Waals surface area contributed by atoms with Crippen molar-refractivity contribution in [2.24, 2.45) is 29.0 Å². The van der Waals surface area contributed by atoms with Crippen LogP contribution in [0.4, 0.5) is 0 Å². The van der Waals surface area contributed by atoms with Crippen LogP contribution < -0.4 is 65.1 Å². The van der Waals surface area contributed by atoms with Gasteiger partial charge in [-0.05, 0) is 50.1 Å². The van der Waals surface area contributed by atoms with Gasteiger partial charge >= 0.3 is 23.9 Å². The topological polar surface area (TPSA) is 526 Å². The van der Waals surface area contributed by atoms with Crippen molar-refractivity contribution in [1.29, 1.82) is 0 Å². The van der Waals surface area contributed by atoms with E-state index in [9.17, 15) is 92.7 Å². The zero-order valence-corrected chi connectivity index (χ0v) is 45.0. The molecule has 0 aliphatic heterocycles. The van der Waals surface area contributed by atoms with Gasteiger partial charge in [0.2, 0.25) is 59.1 Å². The molecule has 31 heteroatoms. The fourth-order valence-corrected chi connectivity index (χ4v) is 7.39. The van der Waals surface area contributed by atoms with E-state index >= 15 is 0 Å². The van der Waals surface area contributed by atoms with Crippen LogP contribution in [-0.2, 0) is 73.5 Å². The quantitative estimate of drug-likeness (QED) is 0.0275. The van der Waals surface area contributed by atoms with E-state index in [0.29, 0.717) is 24.9 Å². The van der Waals surface area contributed by atoms with Crippen LogP contribution in [-0.4, -0.2) is 182 Å². The van der Waals surface area contributed by atoms with Crippen molar-refractivity contribution in [3.63, 3.8) is 0 Å². The number of amides is 10. The number of unbranched alkanes of at least 4 members (excludes halogenated alkanes) is 1. The lowest BCUT2D eigenvalue weighted by Crippen LogP contribution is -2.61. The molecule has 0 bridgehead atoms. The van der Waals surface area contributed by atoms with Gasteiger partial charge < -0.3 is 90.6 Å². The van der Waals surface area contributed by atoms with Crippen LogP contribution in [0.15, 0.2) is 30.3 Å². The summed E-state index contributed by atoms with van der Waals surface area (Å²) in [6.07, 6.45) is -4.69. The molecule has 80 heavy (non-hydrogen) atoms. The Labute approximate surface area is 459 Å². The number of benzene rings is 1. The summed E-state index contributed by atoms with van der Waals surface area (Å²) in [7, 11) is 0. The van der Waals surface area contributed by atoms with E-state index in [1.54, 1.807) is 25.1 Å². The summed E-state index contributed by atoms with van der Waals surface area (Å²) in [5, 5.41) is 68.6. The van der Waals surface area contributed by atoms with Crippen LogP contribution in [0.25, 0.3) is 0 Å². The lowest BCUT2D eigenvalue weighted by Gasteiger charge is -2.29. The Morgan fingerprint density at radius 1 is 0.525 bits per heavy atom. The predicted molar refractivity (Wildman–Crippen MR) is 278 cm³/mol. The molecule has 0 aliphatic carbocycles. The van der Waals surface area contributed by atoms with E-state index in [0.717, 1.165) is 6.92 Å². The molecule has 0 heterocycles. The Morgan fingerprint density at radius 2 is 0.988 bits per heavy atom. The highest BCUT2D eigenvalue weighted by Crippen LogP contribution is 2.13. The zero-order chi connectivity index (χ0) is 61.0.